The van der Waals surface area contributed by atoms with Crippen LogP contribution in [0.5, 0.6) is 0 Å². The number of likely N-dealkylation sites (tertiary alicyclic amines) is 1. The summed E-state index contributed by atoms with van der Waals surface area (Å²) in [6.07, 6.45) is 2.07. The van der Waals surface area contributed by atoms with Gasteiger partial charge in [-0.05, 0) is 46.9 Å². The average molecular weight is 477 g/mol. The Morgan fingerprint density at radius 2 is 1.60 bits per heavy atom. The van der Waals surface area contributed by atoms with Gasteiger partial charge in [0.2, 0.25) is 5.91 Å². The largest absolute Gasteiger partial charge is 0.481 e. The average Bonchev–Trinajstić information content (AvgIpc) is 3.62. The molecule has 2 atom stereocenters. The maximum Gasteiger partial charge on any atom is 0.407 e. The molecule has 184 valence electrons. The number of alkyl carbamates (subject to hydrolysis) is 1. The maximum absolute atomic E-state index is 12.7. The van der Waals surface area contributed by atoms with Crippen LogP contribution in [0.1, 0.15) is 43.2 Å². The van der Waals surface area contributed by atoms with Crippen LogP contribution in [0.2, 0.25) is 0 Å². The van der Waals surface area contributed by atoms with E-state index in [1.165, 1.54) is 22.3 Å². The van der Waals surface area contributed by atoms with Crippen molar-refractivity contribution in [1.82, 2.24) is 10.2 Å². The third kappa shape index (κ3) is 4.90. The minimum atomic E-state index is -0.815. The van der Waals surface area contributed by atoms with Crippen LogP contribution >= 0.6 is 0 Å². The maximum atomic E-state index is 12.7. The number of carboxylic acids is 1. The molecule has 3 aliphatic rings. The number of fused-ring (bicyclic) bond motifs is 3. The predicted octanol–water partition coefficient (Wildman–Crippen LogP) is 4.12. The van der Waals surface area contributed by atoms with Crippen LogP contribution in [0.25, 0.3) is 11.1 Å². The van der Waals surface area contributed by atoms with Crippen LogP contribution in [0.4, 0.5) is 4.79 Å². The van der Waals surface area contributed by atoms with E-state index in [0.717, 1.165) is 12.8 Å². The van der Waals surface area contributed by atoms with E-state index < -0.39 is 18.0 Å². The Morgan fingerprint density at radius 1 is 1.00 bits per heavy atom. The van der Waals surface area contributed by atoms with Crippen LogP contribution in [-0.2, 0) is 14.3 Å². The summed E-state index contributed by atoms with van der Waals surface area (Å²) in [6.45, 7) is 3.38. The van der Waals surface area contributed by atoms with E-state index in [4.69, 9.17) is 9.84 Å². The van der Waals surface area contributed by atoms with Gasteiger partial charge in [-0.2, -0.15) is 0 Å². The lowest BCUT2D eigenvalue weighted by atomic mass is 9.86. The standard InChI is InChI=1S/C28H32N2O5/c1-17(27(32)33)20-14-30(15-20)26(31)12-19(18-10-11-18)13-29-28(34)35-16-25-23-8-4-2-6-21(23)22-7-3-5-9-24(22)25/h2-9,17-20,25H,10-16H2,1H3,(H,29,34)(H,32,33). The molecule has 0 aromatic heterocycles. The van der Waals surface area contributed by atoms with E-state index in [9.17, 15) is 14.4 Å². The van der Waals surface area contributed by atoms with Crippen molar-refractivity contribution in [3.8, 4) is 11.1 Å². The van der Waals surface area contributed by atoms with E-state index in [1.807, 2.05) is 24.3 Å². The summed E-state index contributed by atoms with van der Waals surface area (Å²) in [5.74, 6) is -0.637. The van der Waals surface area contributed by atoms with Crippen molar-refractivity contribution in [1.29, 1.82) is 0 Å². The van der Waals surface area contributed by atoms with Crippen molar-refractivity contribution < 1.29 is 24.2 Å². The minimum Gasteiger partial charge on any atom is -0.481 e. The van der Waals surface area contributed by atoms with Gasteiger partial charge in [0.15, 0.2) is 0 Å². The van der Waals surface area contributed by atoms with Crippen LogP contribution in [0.3, 0.4) is 0 Å². The number of ether oxygens (including phenoxy) is 1. The highest BCUT2D eigenvalue weighted by atomic mass is 16.5. The molecular formula is C28H32N2O5. The molecule has 1 heterocycles. The Hall–Kier alpha value is -3.35. The molecule has 7 heteroatoms. The van der Waals surface area contributed by atoms with Gasteiger partial charge in [0.1, 0.15) is 6.61 Å². The third-order valence-electron chi connectivity index (χ3n) is 7.94. The van der Waals surface area contributed by atoms with Crippen molar-refractivity contribution in [2.45, 2.75) is 32.1 Å². The Kier molecular flexibility index (Phi) is 6.50. The quantitative estimate of drug-likeness (QED) is 0.568. The van der Waals surface area contributed by atoms with Crippen LogP contribution in [-0.4, -0.2) is 54.2 Å². The van der Waals surface area contributed by atoms with Gasteiger partial charge in [-0.1, -0.05) is 55.5 Å². The van der Waals surface area contributed by atoms with Crippen molar-refractivity contribution >= 4 is 18.0 Å². The first-order chi connectivity index (χ1) is 16.9. The lowest BCUT2D eigenvalue weighted by Crippen LogP contribution is -2.54. The molecule has 1 saturated carbocycles. The molecule has 2 aromatic rings. The number of rotatable bonds is 9. The second-order valence-electron chi connectivity index (χ2n) is 10.2. The molecule has 0 radical (unpaired) electrons. The fourth-order valence-electron chi connectivity index (χ4n) is 5.42. The van der Waals surface area contributed by atoms with E-state index in [-0.39, 0.29) is 30.3 Å². The first kappa shape index (κ1) is 23.4. The SMILES string of the molecule is CC(C(=O)O)C1CN(C(=O)CC(CNC(=O)OCC2c3ccccc3-c3ccccc32)C2CC2)C1. The highest BCUT2D eigenvalue weighted by Crippen LogP contribution is 2.44. The van der Waals surface area contributed by atoms with Gasteiger partial charge in [0.05, 0.1) is 5.92 Å². The molecule has 2 amide bonds. The first-order valence-electron chi connectivity index (χ1n) is 12.5. The van der Waals surface area contributed by atoms with Gasteiger partial charge in [-0.15, -0.1) is 0 Å². The van der Waals surface area contributed by atoms with E-state index in [1.54, 1.807) is 11.8 Å². The fourth-order valence-corrected chi connectivity index (χ4v) is 5.42. The van der Waals surface area contributed by atoms with Gasteiger partial charge in [-0.25, -0.2) is 4.79 Å². The summed E-state index contributed by atoms with van der Waals surface area (Å²) in [4.78, 5) is 38.2. The van der Waals surface area contributed by atoms with Crippen LogP contribution in [0, 0.1) is 23.7 Å². The molecule has 2 N–H and O–H groups in total. The van der Waals surface area contributed by atoms with Crippen molar-refractivity contribution in [3.05, 3.63) is 59.7 Å². The summed E-state index contributed by atoms with van der Waals surface area (Å²) in [5, 5.41) is 12.0. The number of hydrogen-bond acceptors (Lipinski definition) is 4. The normalized spacial score (nSPS) is 18.7. The smallest absolute Gasteiger partial charge is 0.407 e. The Morgan fingerprint density at radius 3 is 2.17 bits per heavy atom. The molecule has 2 aromatic carbocycles. The zero-order chi connectivity index (χ0) is 24.5. The number of carbonyl (C=O) groups is 3. The Bertz CT molecular complexity index is 1080. The molecule has 35 heavy (non-hydrogen) atoms. The number of amides is 2. The molecule has 2 aliphatic carbocycles. The Labute approximate surface area is 205 Å². The third-order valence-corrected chi connectivity index (χ3v) is 7.94. The first-order valence-corrected chi connectivity index (χ1v) is 12.5. The molecular weight excluding hydrogens is 444 g/mol. The summed E-state index contributed by atoms with van der Waals surface area (Å²) >= 11 is 0. The van der Waals surface area contributed by atoms with Crippen LogP contribution < -0.4 is 5.32 Å². The summed E-state index contributed by atoms with van der Waals surface area (Å²) < 4.78 is 5.64. The van der Waals surface area contributed by atoms with E-state index in [2.05, 4.69) is 29.6 Å². The number of carbonyl (C=O) groups excluding carboxylic acids is 2. The lowest BCUT2D eigenvalue weighted by molar-refractivity contribution is -0.151. The van der Waals surface area contributed by atoms with Gasteiger partial charge in [-0.3, -0.25) is 9.59 Å². The molecule has 1 aliphatic heterocycles. The molecule has 1 saturated heterocycles. The van der Waals surface area contributed by atoms with Gasteiger partial charge >= 0.3 is 12.1 Å². The van der Waals surface area contributed by atoms with Gasteiger partial charge in [0, 0.05) is 37.9 Å². The molecule has 0 spiro atoms. The highest BCUT2D eigenvalue weighted by Gasteiger charge is 2.40. The van der Waals surface area contributed by atoms with E-state index in [0.29, 0.717) is 32.0 Å². The number of hydrogen-bond donors (Lipinski definition) is 2. The zero-order valence-electron chi connectivity index (χ0n) is 20.0. The molecule has 2 unspecified atom stereocenters. The second-order valence-corrected chi connectivity index (χ2v) is 10.2. The second kappa shape index (κ2) is 9.72. The number of carboxylic acid groups (broad SMARTS) is 1. The number of aliphatic carboxylic acids is 1. The van der Waals surface area contributed by atoms with Gasteiger partial charge in [0.25, 0.3) is 0 Å². The van der Waals surface area contributed by atoms with Gasteiger partial charge < -0.3 is 20.1 Å². The zero-order valence-corrected chi connectivity index (χ0v) is 20.0. The molecule has 7 nitrogen and oxygen atoms in total. The lowest BCUT2D eigenvalue weighted by Gasteiger charge is -2.41. The molecule has 5 rings (SSSR count). The monoisotopic (exact) mass is 476 g/mol. The highest BCUT2D eigenvalue weighted by molar-refractivity contribution is 5.79. The summed E-state index contributed by atoms with van der Waals surface area (Å²) in [5.41, 5.74) is 4.73. The van der Waals surface area contributed by atoms with E-state index >= 15 is 0 Å². The number of nitrogens with zero attached hydrogens (tertiary/aromatic N) is 1. The fraction of sp³-hybridized carbons (Fsp3) is 0.464. The molecule has 0 bridgehead atoms. The van der Waals surface area contributed by atoms with Crippen molar-refractivity contribution in [3.63, 3.8) is 0 Å². The van der Waals surface area contributed by atoms with Crippen LogP contribution in [0.15, 0.2) is 48.5 Å². The molecule has 2 fully saturated rings. The summed E-state index contributed by atoms with van der Waals surface area (Å²) in [6, 6.07) is 16.5. The number of nitrogens with one attached hydrogen (secondary N) is 1. The van der Waals surface area contributed by atoms with Crippen molar-refractivity contribution in [2.75, 3.05) is 26.2 Å². The van der Waals surface area contributed by atoms with Crippen molar-refractivity contribution in [2.24, 2.45) is 23.7 Å². The summed E-state index contributed by atoms with van der Waals surface area (Å²) in [7, 11) is 0. The number of benzene rings is 2. The minimum absolute atomic E-state index is 0.0153. The topological polar surface area (TPSA) is 95.9 Å². The Balaban J connectivity index is 1.11. The predicted molar refractivity (Wildman–Crippen MR) is 131 cm³/mol.